The summed E-state index contributed by atoms with van der Waals surface area (Å²) in [5.41, 5.74) is 1.90. The molecule has 0 bridgehead atoms. The number of nitrogens with zero attached hydrogens (tertiary/aromatic N) is 7. The summed E-state index contributed by atoms with van der Waals surface area (Å²) in [7, 11) is 1.73. The molecule has 0 spiro atoms. The highest BCUT2D eigenvalue weighted by molar-refractivity contribution is 5.57. The lowest BCUT2D eigenvalue weighted by Gasteiger charge is -2.25. The standard InChI is InChI=1S/C19H24N8O/c1-13-10-14(2)27(25-13)19-23-16(22-18-20-7-5-8-21-18)11-17(24-19)26-9-4-6-15(26)12-28-3/h5,7-8,10-11,15H,4,6,9,12H2,1-3H3,(H,20,21,22,23,24)/t15-/m1/s1. The van der Waals surface area contributed by atoms with Crippen molar-refractivity contribution in [3.63, 3.8) is 0 Å². The van der Waals surface area contributed by atoms with Crippen LogP contribution in [0.4, 0.5) is 17.6 Å². The van der Waals surface area contributed by atoms with E-state index < -0.39 is 0 Å². The summed E-state index contributed by atoms with van der Waals surface area (Å²) < 4.78 is 7.16. The SMILES string of the molecule is COC[C@H]1CCCN1c1cc(Nc2ncccn2)nc(-n2nc(C)cc2C)n1. The van der Waals surface area contributed by atoms with E-state index in [0.29, 0.717) is 30.4 Å². The lowest BCUT2D eigenvalue weighted by Crippen LogP contribution is -2.33. The van der Waals surface area contributed by atoms with Crippen LogP contribution >= 0.6 is 0 Å². The van der Waals surface area contributed by atoms with Gasteiger partial charge in [0.1, 0.15) is 11.6 Å². The smallest absolute Gasteiger partial charge is 0.254 e. The molecule has 1 aliphatic heterocycles. The Hall–Kier alpha value is -3.07. The van der Waals surface area contributed by atoms with Gasteiger partial charge >= 0.3 is 0 Å². The fourth-order valence-corrected chi connectivity index (χ4v) is 3.54. The summed E-state index contributed by atoms with van der Waals surface area (Å²) in [6.45, 7) is 5.55. The second-order valence-corrected chi connectivity index (χ2v) is 6.89. The van der Waals surface area contributed by atoms with Crippen LogP contribution in [0.1, 0.15) is 24.2 Å². The Balaban J connectivity index is 1.75. The molecule has 1 N–H and O–H groups in total. The topological polar surface area (TPSA) is 93.9 Å². The zero-order valence-electron chi connectivity index (χ0n) is 16.3. The maximum atomic E-state index is 5.40. The zero-order chi connectivity index (χ0) is 19.5. The molecule has 9 heteroatoms. The normalized spacial score (nSPS) is 16.5. The monoisotopic (exact) mass is 380 g/mol. The third-order valence-corrected chi connectivity index (χ3v) is 4.74. The fourth-order valence-electron chi connectivity index (χ4n) is 3.54. The maximum Gasteiger partial charge on any atom is 0.254 e. The lowest BCUT2D eigenvalue weighted by atomic mass is 10.2. The van der Waals surface area contributed by atoms with E-state index in [2.05, 4.69) is 30.3 Å². The number of nitrogens with one attached hydrogen (secondary N) is 1. The van der Waals surface area contributed by atoms with Crippen molar-refractivity contribution >= 4 is 17.6 Å². The van der Waals surface area contributed by atoms with Gasteiger partial charge in [-0.1, -0.05) is 0 Å². The number of hydrogen-bond donors (Lipinski definition) is 1. The van der Waals surface area contributed by atoms with Crippen molar-refractivity contribution in [2.24, 2.45) is 0 Å². The average Bonchev–Trinajstić information content (AvgIpc) is 3.28. The third-order valence-electron chi connectivity index (χ3n) is 4.74. The number of ether oxygens (including phenoxy) is 1. The van der Waals surface area contributed by atoms with E-state index in [9.17, 15) is 0 Å². The Kier molecular flexibility index (Phi) is 5.16. The molecule has 1 fully saturated rings. The third kappa shape index (κ3) is 3.79. The first-order chi connectivity index (χ1) is 13.6. The van der Waals surface area contributed by atoms with E-state index in [1.54, 1.807) is 30.3 Å². The van der Waals surface area contributed by atoms with Crippen LogP contribution in [0.3, 0.4) is 0 Å². The summed E-state index contributed by atoms with van der Waals surface area (Å²) >= 11 is 0. The summed E-state index contributed by atoms with van der Waals surface area (Å²) in [5, 5.41) is 7.72. The quantitative estimate of drug-likeness (QED) is 0.697. The summed E-state index contributed by atoms with van der Waals surface area (Å²) in [6, 6.07) is 6.01. The van der Waals surface area contributed by atoms with Gasteiger partial charge in [-0.3, -0.25) is 0 Å². The van der Waals surface area contributed by atoms with Crippen molar-refractivity contribution < 1.29 is 4.74 Å². The molecule has 146 valence electrons. The lowest BCUT2D eigenvalue weighted by molar-refractivity contribution is 0.180. The van der Waals surface area contributed by atoms with Crippen molar-refractivity contribution in [1.82, 2.24) is 29.7 Å². The molecule has 1 atom stereocenters. The fraction of sp³-hybridized carbons (Fsp3) is 0.421. The molecule has 1 saturated heterocycles. The first kappa shape index (κ1) is 18.3. The van der Waals surface area contributed by atoms with Crippen molar-refractivity contribution in [1.29, 1.82) is 0 Å². The van der Waals surface area contributed by atoms with Gasteiger partial charge in [-0.25, -0.2) is 14.6 Å². The van der Waals surface area contributed by atoms with E-state index in [1.165, 1.54) is 0 Å². The predicted molar refractivity (Wildman–Crippen MR) is 106 cm³/mol. The number of anilines is 3. The van der Waals surface area contributed by atoms with E-state index in [0.717, 1.165) is 36.6 Å². The molecule has 0 radical (unpaired) electrons. The molecule has 0 aromatic carbocycles. The van der Waals surface area contributed by atoms with Crippen molar-refractivity contribution in [2.45, 2.75) is 32.7 Å². The van der Waals surface area contributed by atoms with E-state index in [-0.39, 0.29) is 0 Å². The Labute approximate surface area is 163 Å². The van der Waals surface area contributed by atoms with E-state index >= 15 is 0 Å². The van der Waals surface area contributed by atoms with Crippen LogP contribution in [0.2, 0.25) is 0 Å². The predicted octanol–water partition coefficient (Wildman–Crippen LogP) is 2.43. The second-order valence-electron chi connectivity index (χ2n) is 6.89. The molecule has 0 saturated carbocycles. The van der Waals surface area contributed by atoms with Crippen LogP contribution in [0.25, 0.3) is 5.95 Å². The van der Waals surface area contributed by atoms with Gasteiger partial charge in [-0.15, -0.1) is 0 Å². The average molecular weight is 380 g/mol. The Morgan fingerprint density at radius 3 is 2.71 bits per heavy atom. The second kappa shape index (κ2) is 7.89. The first-order valence-corrected chi connectivity index (χ1v) is 9.36. The van der Waals surface area contributed by atoms with E-state index in [4.69, 9.17) is 9.72 Å². The summed E-state index contributed by atoms with van der Waals surface area (Å²) in [5.74, 6) is 2.48. The minimum Gasteiger partial charge on any atom is -0.383 e. The molecule has 3 aromatic rings. The molecule has 0 amide bonds. The molecule has 4 heterocycles. The Morgan fingerprint density at radius 1 is 1.18 bits per heavy atom. The highest BCUT2D eigenvalue weighted by atomic mass is 16.5. The van der Waals surface area contributed by atoms with Crippen LogP contribution < -0.4 is 10.2 Å². The molecule has 28 heavy (non-hydrogen) atoms. The molecule has 0 unspecified atom stereocenters. The van der Waals surface area contributed by atoms with Crippen LogP contribution in [0.5, 0.6) is 0 Å². The van der Waals surface area contributed by atoms with Gasteiger partial charge in [-0.05, 0) is 38.8 Å². The highest BCUT2D eigenvalue weighted by Crippen LogP contribution is 2.27. The number of aromatic nitrogens is 6. The van der Waals surface area contributed by atoms with Gasteiger partial charge in [0.2, 0.25) is 5.95 Å². The first-order valence-electron chi connectivity index (χ1n) is 9.36. The zero-order valence-corrected chi connectivity index (χ0v) is 16.3. The van der Waals surface area contributed by atoms with Crippen molar-refractivity contribution in [3.05, 3.63) is 42.0 Å². The Bertz CT molecular complexity index is 942. The van der Waals surface area contributed by atoms with Gasteiger partial charge < -0.3 is 15.0 Å². The number of hydrogen-bond acceptors (Lipinski definition) is 8. The molecule has 0 aliphatic carbocycles. The minimum absolute atomic E-state index is 0.300. The Morgan fingerprint density at radius 2 is 2.00 bits per heavy atom. The van der Waals surface area contributed by atoms with E-state index in [1.807, 2.05) is 26.0 Å². The number of methoxy groups -OCH3 is 1. The van der Waals surface area contributed by atoms with Gasteiger partial charge in [-0.2, -0.15) is 15.1 Å². The summed E-state index contributed by atoms with van der Waals surface area (Å²) in [4.78, 5) is 20.2. The molecular formula is C19H24N8O. The summed E-state index contributed by atoms with van der Waals surface area (Å²) in [6.07, 6.45) is 5.57. The van der Waals surface area contributed by atoms with Crippen LogP contribution in [0.15, 0.2) is 30.6 Å². The largest absolute Gasteiger partial charge is 0.383 e. The molecule has 1 aliphatic rings. The van der Waals surface area contributed by atoms with Gasteiger partial charge in [0, 0.05) is 37.8 Å². The molecule has 4 rings (SSSR count). The van der Waals surface area contributed by atoms with Crippen LogP contribution in [-0.4, -0.2) is 56.0 Å². The van der Waals surface area contributed by atoms with Gasteiger partial charge in [0.05, 0.1) is 18.3 Å². The maximum absolute atomic E-state index is 5.40. The molecule has 3 aromatic heterocycles. The van der Waals surface area contributed by atoms with Crippen molar-refractivity contribution in [3.8, 4) is 5.95 Å². The molecule has 9 nitrogen and oxygen atoms in total. The van der Waals surface area contributed by atoms with Gasteiger partial charge in [0.25, 0.3) is 5.95 Å². The van der Waals surface area contributed by atoms with Gasteiger partial charge in [0.15, 0.2) is 0 Å². The molecular weight excluding hydrogens is 356 g/mol. The van der Waals surface area contributed by atoms with Crippen molar-refractivity contribution in [2.75, 3.05) is 30.5 Å². The van der Waals surface area contributed by atoms with Crippen LogP contribution in [-0.2, 0) is 4.74 Å². The number of rotatable bonds is 6. The highest BCUT2D eigenvalue weighted by Gasteiger charge is 2.27. The van der Waals surface area contributed by atoms with Crippen LogP contribution in [0, 0.1) is 13.8 Å². The minimum atomic E-state index is 0.300. The number of aryl methyl sites for hydroxylation is 2.